The topological polar surface area (TPSA) is 30.8 Å². The Balaban J connectivity index is 2.13. The highest BCUT2D eigenvalue weighted by Crippen LogP contribution is 2.22. The standard InChI is InChI=1S/C16H16BrNO2/c1-19-14-7-12(8-15(9-14)20-2)10-18-11-13-5-3-4-6-16(13)17/h3-10H,11H2,1-2H3. The molecule has 0 saturated carbocycles. The molecule has 0 bridgehead atoms. The Labute approximate surface area is 127 Å². The molecule has 0 aliphatic rings. The molecule has 2 aromatic rings. The second kappa shape index (κ2) is 7.10. The maximum absolute atomic E-state index is 5.23. The van der Waals surface area contributed by atoms with Crippen LogP contribution < -0.4 is 9.47 Å². The normalized spacial score (nSPS) is 10.8. The van der Waals surface area contributed by atoms with Crippen molar-refractivity contribution in [1.82, 2.24) is 0 Å². The van der Waals surface area contributed by atoms with Gasteiger partial charge >= 0.3 is 0 Å². The van der Waals surface area contributed by atoms with Crippen molar-refractivity contribution in [2.45, 2.75) is 6.54 Å². The van der Waals surface area contributed by atoms with E-state index in [4.69, 9.17) is 9.47 Å². The lowest BCUT2D eigenvalue weighted by Gasteiger charge is -2.05. The average Bonchev–Trinajstić information content (AvgIpc) is 2.48. The van der Waals surface area contributed by atoms with E-state index in [0.29, 0.717) is 6.54 Å². The molecule has 0 N–H and O–H groups in total. The lowest BCUT2D eigenvalue weighted by Crippen LogP contribution is -1.91. The highest BCUT2D eigenvalue weighted by Gasteiger charge is 2.00. The van der Waals surface area contributed by atoms with Crippen LogP contribution in [0.25, 0.3) is 0 Å². The molecule has 0 aromatic heterocycles. The lowest BCUT2D eigenvalue weighted by molar-refractivity contribution is 0.394. The summed E-state index contributed by atoms with van der Waals surface area (Å²) in [4.78, 5) is 4.46. The second-order valence-electron chi connectivity index (χ2n) is 4.21. The van der Waals surface area contributed by atoms with E-state index in [1.54, 1.807) is 14.2 Å². The van der Waals surface area contributed by atoms with Gasteiger partial charge in [-0.25, -0.2) is 0 Å². The molecule has 0 amide bonds. The fourth-order valence-electron chi connectivity index (χ4n) is 1.78. The highest BCUT2D eigenvalue weighted by atomic mass is 79.9. The summed E-state index contributed by atoms with van der Waals surface area (Å²) in [6, 6.07) is 13.7. The van der Waals surface area contributed by atoms with Crippen LogP contribution in [-0.4, -0.2) is 20.4 Å². The van der Waals surface area contributed by atoms with Crippen LogP contribution in [0.3, 0.4) is 0 Å². The van der Waals surface area contributed by atoms with Crippen LogP contribution >= 0.6 is 15.9 Å². The van der Waals surface area contributed by atoms with Crippen molar-refractivity contribution in [3.63, 3.8) is 0 Å². The number of methoxy groups -OCH3 is 2. The summed E-state index contributed by atoms with van der Waals surface area (Å²) in [5, 5.41) is 0. The summed E-state index contributed by atoms with van der Waals surface area (Å²) in [6.07, 6.45) is 1.82. The summed E-state index contributed by atoms with van der Waals surface area (Å²) in [5.41, 5.74) is 2.10. The molecular weight excluding hydrogens is 318 g/mol. The van der Waals surface area contributed by atoms with Crippen LogP contribution in [0.5, 0.6) is 11.5 Å². The summed E-state index contributed by atoms with van der Waals surface area (Å²) < 4.78 is 11.5. The minimum absolute atomic E-state index is 0.626. The molecule has 0 atom stereocenters. The number of hydrogen-bond acceptors (Lipinski definition) is 3. The van der Waals surface area contributed by atoms with Gasteiger partial charge in [-0.3, -0.25) is 4.99 Å². The predicted octanol–water partition coefficient (Wildman–Crippen LogP) is 4.09. The van der Waals surface area contributed by atoms with Gasteiger partial charge < -0.3 is 9.47 Å². The predicted molar refractivity (Wildman–Crippen MR) is 85.0 cm³/mol. The smallest absolute Gasteiger partial charge is 0.123 e. The van der Waals surface area contributed by atoms with Gasteiger partial charge in [0.25, 0.3) is 0 Å². The maximum Gasteiger partial charge on any atom is 0.123 e. The third-order valence-corrected chi connectivity index (χ3v) is 3.61. The molecule has 3 nitrogen and oxygen atoms in total. The van der Waals surface area contributed by atoms with Gasteiger partial charge in [0, 0.05) is 16.8 Å². The minimum Gasteiger partial charge on any atom is -0.497 e. The first-order chi connectivity index (χ1) is 9.72. The van der Waals surface area contributed by atoms with Crippen molar-refractivity contribution in [2.24, 2.45) is 4.99 Å². The summed E-state index contributed by atoms with van der Waals surface area (Å²) in [6.45, 7) is 0.626. The van der Waals surface area contributed by atoms with E-state index >= 15 is 0 Å². The Bertz CT molecular complexity index is 589. The number of rotatable bonds is 5. The maximum atomic E-state index is 5.23. The molecule has 2 aromatic carbocycles. The third kappa shape index (κ3) is 3.84. The Hall–Kier alpha value is -1.81. The van der Waals surface area contributed by atoms with Gasteiger partial charge in [0.1, 0.15) is 11.5 Å². The van der Waals surface area contributed by atoms with Crippen molar-refractivity contribution in [2.75, 3.05) is 14.2 Å². The minimum atomic E-state index is 0.626. The number of aliphatic imine (C=N–C) groups is 1. The molecule has 104 valence electrons. The first-order valence-electron chi connectivity index (χ1n) is 6.19. The first kappa shape index (κ1) is 14.6. The number of nitrogens with zero attached hydrogens (tertiary/aromatic N) is 1. The molecule has 20 heavy (non-hydrogen) atoms. The van der Waals surface area contributed by atoms with E-state index in [9.17, 15) is 0 Å². The van der Waals surface area contributed by atoms with Crippen LogP contribution in [0.15, 0.2) is 51.9 Å². The van der Waals surface area contributed by atoms with Crippen molar-refractivity contribution in [3.8, 4) is 11.5 Å². The molecule has 2 rings (SSSR count). The number of ether oxygens (including phenoxy) is 2. The van der Waals surface area contributed by atoms with Crippen LogP contribution in [0.1, 0.15) is 11.1 Å². The summed E-state index contributed by atoms with van der Waals surface area (Å²) >= 11 is 3.51. The van der Waals surface area contributed by atoms with Gasteiger partial charge in [-0.05, 0) is 29.3 Å². The van der Waals surface area contributed by atoms with Crippen LogP contribution in [0, 0.1) is 0 Å². The molecule has 0 spiro atoms. The summed E-state index contributed by atoms with van der Waals surface area (Å²) in [7, 11) is 3.27. The molecule has 0 aliphatic carbocycles. The summed E-state index contributed by atoms with van der Waals surface area (Å²) in [5.74, 6) is 1.51. The first-order valence-corrected chi connectivity index (χ1v) is 6.98. The van der Waals surface area contributed by atoms with Gasteiger partial charge in [-0.2, -0.15) is 0 Å². The molecule has 0 radical (unpaired) electrons. The van der Waals surface area contributed by atoms with Crippen LogP contribution in [-0.2, 0) is 6.54 Å². The Kier molecular flexibility index (Phi) is 5.18. The van der Waals surface area contributed by atoms with E-state index in [1.807, 2.05) is 48.7 Å². The SMILES string of the molecule is COc1cc(C=NCc2ccccc2Br)cc(OC)c1. The lowest BCUT2D eigenvalue weighted by atomic mass is 10.2. The molecule has 0 saturated heterocycles. The zero-order chi connectivity index (χ0) is 14.4. The molecule has 0 aliphatic heterocycles. The van der Waals surface area contributed by atoms with Gasteiger partial charge in [0.05, 0.1) is 20.8 Å². The van der Waals surface area contributed by atoms with E-state index in [1.165, 1.54) is 0 Å². The fraction of sp³-hybridized carbons (Fsp3) is 0.188. The molecule has 4 heteroatoms. The van der Waals surface area contributed by atoms with Gasteiger partial charge in [0.2, 0.25) is 0 Å². The Morgan fingerprint density at radius 2 is 1.70 bits per heavy atom. The molecule has 0 fully saturated rings. The van der Waals surface area contributed by atoms with Crippen molar-refractivity contribution < 1.29 is 9.47 Å². The average molecular weight is 334 g/mol. The van der Waals surface area contributed by atoms with E-state index in [-0.39, 0.29) is 0 Å². The zero-order valence-electron chi connectivity index (χ0n) is 11.5. The molecular formula is C16H16BrNO2. The molecule has 0 heterocycles. The second-order valence-corrected chi connectivity index (χ2v) is 5.06. The Morgan fingerprint density at radius 1 is 1.05 bits per heavy atom. The van der Waals surface area contributed by atoms with Crippen molar-refractivity contribution >= 4 is 22.1 Å². The monoisotopic (exact) mass is 333 g/mol. The van der Waals surface area contributed by atoms with E-state index in [0.717, 1.165) is 27.1 Å². The van der Waals surface area contributed by atoms with Crippen LogP contribution in [0.4, 0.5) is 0 Å². The van der Waals surface area contributed by atoms with Gasteiger partial charge in [-0.15, -0.1) is 0 Å². The number of benzene rings is 2. The van der Waals surface area contributed by atoms with Crippen molar-refractivity contribution in [3.05, 3.63) is 58.1 Å². The van der Waals surface area contributed by atoms with E-state index < -0.39 is 0 Å². The number of halogens is 1. The largest absolute Gasteiger partial charge is 0.497 e. The zero-order valence-corrected chi connectivity index (χ0v) is 13.1. The van der Waals surface area contributed by atoms with Crippen LogP contribution in [0.2, 0.25) is 0 Å². The van der Waals surface area contributed by atoms with Crippen molar-refractivity contribution in [1.29, 1.82) is 0 Å². The quantitative estimate of drug-likeness (QED) is 0.771. The van der Waals surface area contributed by atoms with E-state index in [2.05, 4.69) is 20.9 Å². The Morgan fingerprint density at radius 3 is 2.30 bits per heavy atom. The number of hydrogen-bond donors (Lipinski definition) is 0. The van der Waals surface area contributed by atoms with Gasteiger partial charge in [0.15, 0.2) is 0 Å². The fourth-order valence-corrected chi connectivity index (χ4v) is 2.19. The molecule has 0 unspecified atom stereocenters. The van der Waals surface area contributed by atoms with Gasteiger partial charge in [-0.1, -0.05) is 34.1 Å². The highest BCUT2D eigenvalue weighted by molar-refractivity contribution is 9.10. The third-order valence-electron chi connectivity index (χ3n) is 2.83.